The molecule has 200 valence electrons. The van der Waals surface area contributed by atoms with E-state index in [-0.39, 0.29) is 23.1 Å². The van der Waals surface area contributed by atoms with E-state index in [9.17, 15) is 9.59 Å². The highest BCUT2D eigenvalue weighted by atomic mass is 16.2. The predicted molar refractivity (Wildman–Crippen MR) is 152 cm³/mol. The first-order valence-corrected chi connectivity index (χ1v) is 13.4. The number of hydrogen-bond acceptors (Lipinski definition) is 4. The number of fused-ring (bicyclic) bond motifs is 2. The van der Waals surface area contributed by atoms with Crippen LogP contribution in [0.25, 0.3) is 0 Å². The average Bonchev–Trinajstić information content (AvgIpc) is 3.20. The fraction of sp³-hybridized carbons (Fsp3) is 0.484. The van der Waals surface area contributed by atoms with Gasteiger partial charge in [0, 0.05) is 63.1 Å². The van der Waals surface area contributed by atoms with Crippen molar-refractivity contribution >= 4 is 11.8 Å². The zero-order valence-electron chi connectivity index (χ0n) is 23.2. The largest absolute Gasteiger partial charge is 0.359 e. The lowest BCUT2D eigenvalue weighted by Crippen LogP contribution is -2.29. The summed E-state index contributed by atoms with van der Waals surface area (Å²) < 4.78 is 0. The van der Waals surface area contributed by atoms with Crippen molar-refractivity contribution in [2.45, 2.75) is 53.4 Å². The maximum atomic E-state index is 12.4. The molecule has 37 heavy (non-hydrogen) atoms. The van der Waals surface area contributed by atoms with Gasteiger partial charge >= 0.3 is 0 Å². The van der Waals surface area contributed by atoms with Gasteiger partial charge in [0.05, 0.1) is 6.67 Å². The van der Waals surface area contributed by atoms with Crippen LogP contribution >= 0.6 is 0 Å². The molecule has 2 heterocycles. The molecule has 6 nitrogen and oxygen atoms in total. The Morgan fingerprint density at radius 3 is 2.38 bits per heavy atom. The summed E-state index contributed by atoms with van der Waals surface area (Å²) in [6.45, 7) is 11.5. The highest BCUT2D eigenvalue weighted by molar-refractivity contribution is 5.88. The number of allylic oxidation sites excluding steroid dienone is 10. The van der Waals surface area contributed by atoms with E-state index >= 15 is 0 Å². The molecule has 2 N–H and O–H groups in total. The predicted octanol–water partition coefficient (Wildman–Crippen LogP) is 4.98. The van der Waals surface area contributed by atoms with Crippen molar-refractivity contribution in [3.05, 3.63) is 83.3 Å². The lowest BCUT2D eigenvalue weighted by atomic mass is 9.68. The Hall–Kier alpha value is -3.28. The molecule has 0 aromatic rings. The first-order valence-electron chi connectivity index (χ1n) is 13.4. The van der Waals surface area contributed by atoms with Crippen LogP contribution in [0.2, 0.25) is 0 Å². The third-order valence-electron chi connectivity index (χ3n) is 7.37. The Morgan fingerprint density at radius 1 is 0.919 bits per heavy atom. The minimum absolute atomic E-state index is 0.0165. The number of amides is 2. The topological polar surface area (TPSA) is 64.7 Å². The van der Waals surface area contributed by atoms with E-state index in [1.54, 1.807) is 12.2 Å². The van der Waals surface area contributed by atoms with Crippen LogP contribution in [0.5, 0.6) is 0 Å². The van der Waals surface area contributed by atoms with Crippen LogP contribution in [0.4, 0.5) is 0 Å². The van der Waals surface area contributed by atoms with Gasteiger partial charge in [-0.15, -0.1) is 0 Å². The van der Waals surface area contributed by atoms with Crippen molar-refractivity contribution in [2.24, 2.45) is 11.3 Å². The normalized spacial score (nSPS) is 32.2. The summed E-state index contributed by atoms with van der Waals surface area (Å²) in [6, 6.07) is 0. The maximum Gasteiger partial charge on any atom is 0.243 e. The number of nitrogens with zero attached hydrogens (tertiary/aromatic N) is 2. The summed E-state index contributed by atoms with van der Waals surface area (Å²) in [7, 11) is 2.07. The van der Waals surface area contributed by atoms with Crippen molar-refractivity contribution in [2.75, 3.05) is 33.4 Å². The summed E-state index contributed by atoms with van der Waals surface area (Å²) in [6.07, 6.45) is 24.1. The van der Waals surface area contributed by atoms with E-state index in [0.717, 1.165) is 50.0 Å². The molecular formula is C31H44N4O2. The molecule has 0 saturated heterocycles. The van der Waals surface area contributed by atoms with E-state index in [0.29, 0.717) is 13.1 Å². The number of carbonyl (C=O) groups excluding carboxylic acids is 2. The van der Waals surface area contributed by atoms with Gasteiger partial charge in [-0.05, 0) is 45.4 Å². The molecule has 2 amide bonds. The van der Waals surface area contributed by atoms with E-state index < -0.39 is 0 Å². The highest BCUT2D eigenvalue weighted by Crippen LogP contribution is 2.42. The van der Waals surface area contributed by atoms with Crippen LogP contribution in [-0.4, -0.2) is 55.0 Å². The fourth-order valence-electron chi connectivity index (χ4n) is 4.90. The zero-order chi connectivity index (χ0) is 26.8. The van der Waals surface area contributed by atoms with Crippen molar-refractivity contribution in [3.63, 3.8) is 0 Å². The van der Waals surface area contributed by atoms with Gasteiger partial charge in [0.15, 0.2) is 0 Å². The third-order valence-corrected chi connectivity index (χ3v) is 7.37. The molecule has 6 heteroatoms. The van der Waals surface area contributed by atoms with Gasteiger partial charge < -0.3 is 20.4 Å². The summed E-state index contributed by atoms with van der Waals surface area (Å²) in [5, 5.41) is 6.00. The van der Waals surface area contributed by atoms with Gasteiger partial charge in [-0.25, -0.2) is 0 Å². The Labute approximate surface area is 223 Å². The lowest BCUT2D eigenvalue weighted by molar-refractivity contribution is -0.117. The number of hydrogen-bond donors (Lipinski definition) is 2. The van der Waals surface area contributed by atoms with Gasteiger partial charge in [0.2, 0.25) is 11.8 Å². The molecule has 0 radical (unpaired) electrons. The quantitative estimate of drug-likeness (QED) is 0.457. The lowest BCUT2D eigenvalue weighted by Gasteiger charge is -2.36. The van der Waals surface area contributed by atoms with E-state index in [1.807, 2.05) is 19.1 Å². The zero-order valence-corrected chi connectivity index (χ0v) is 23.2. The van der Waals surface area contributed by atoms with Crippen LogP contribution in [-0.2, 0) is 9.59 Å². The summed E-state index contributed by atoms with van der Waals surface area (Å²) in [5.41, 5.74) is 4.70. The Morgan fingerprint density at radius 2 is 1.62 bits per heavy atom. The van der Waals surface area contributed by atoms with Crippen molar-refractivity contribution < 1.29 is 9.59 Å². The molecular weight excluding hydrogens is 460 g/mol. The van der Waals surface area contributed by atoms with Crippen LogP contribution < -0.4 is 10.6 Å². The SMILES string of the molecule is CC1=C[C@@H]2/C=C(C)\C=C/C(=O)NCCC3=CN(CCCNC(=O)\C=C/C(C)=C\C=C\[C@@]2(C)CC1)CN3C. The van der Waals surface area contributed by atoms with Gasteiger partial charge in [0.25, 0.3) is 0 Å². The molecule has 2 bridgehead atoms. The Balaban J connectivity index is 1.79. The molecule has 2 aliphatic heterocycles. The van der Waals surface area contributed by atoms with E-state index in [2.05, 4.69) is 84.8 Å². The van der Waals surface area contributed by atoms with Crippen LogP contribution in [0.1, 0.15) is 53.4 Å². The van der Waals surface area contributed by atoms with Gasteiger partial charge in [-0.3, -0.25) is 9.59 Å². The average molecular weight is 505 g/mol. The molecule has 0 saturated carbocycles. The second-order valence-corrected chi connectivity index (χ2v) is 10.8. The first-order chi connectivity index (χ1) is 17.6. The molecule has 3 aliphatic rings. The molecule has 0 fully saturated rings. The number of carbonyl (C=O) groups is 2. The monoisotopic (exact) mass is 504 g/mol. The molecule has 0 aromatic carbocycles. The molecule has 3 rings (SSSR count). The standard InChI is InChI=1S/C31H44N4O2/c1-24-8-6-15-31(4)16-13-26(3)21-27(31)20-25(2)10-12-30(37)33-18-14-28-22-35(23-34(28)5)19-7-17-32-29(36)11-9-24/h6,8-12,15,20-22,27H,7,13-14,16-19,23H2,1-5H3,(H,32,36)(H,33,37)/b11-9-,12-10-,15-6+,24-8-,25-20-/t27-,31-/m0/s1. The smallest absolute Gasteiger partial charge is 0.243 e. The first kappa shape index (κ1) is 28.3. The summed E-state index contributed by atoms with van der Waals surface area (Å²) in [5.74, 6) is 0.117. The highest BCUT2D eigenvalue weighted by Gasteiger charge is 2.31. The second kappa shape index (κ2) is 13.3. The van der Waals surface area contributed by atoms with Crippen LogP contribution in [0, 0.1) is 11.3 Å². The van der Waals surface area contributed by atoms with Crippen molar-refractivity contribution in [1.82, 2.24) is 20.4 Å². The van der Waals surface area contributed by atoms with E-state index in [1.165, 1.54) is 11.3 Å². The van der Waals surface area contributed by atoms with Crippen molar-refractivity contribution in [1.29, 1.82) is 0 Å². The van der Waals surface area contributed by atoms with Gasteiger partial charge in [-0.1, -0.05) is 66.2 Å². The number of nitrogens with one attached hydrogen (secondary N) is 2. The molecule has 0 aromatic heterocycles. The maximum absolute atomic E-state index is 12.4. The summed E-state index contributed by atoms with van der Waals surface area (Å²) in [4.78, 5) is 29.1. The Kier molecular flexibility index (Phi) is 10.2. The summed E-state index contributed by atoms with van der Waals surface area (Å²) >= 11 is 0. The molecule has 1 aliphatic carbocycles. The second-order valence-electron chi connectivity index (χ2n) is 10.8. The molecule has 2 atom stereocenters. The van der Waals surface area contributed by atoms with E-state index in [4.69, 9.17) is 0 Å². The fourth-order valence-corrected chi connectivity index (χ4v) is 4.90. The van der Waals surface area contributed by atoms with Crippen LogP contribution in [0.15, 0.2) is 83.3 Å². The minimum atomic E-state index is -0.0669. The van der Waals surface area contributed by atoms with Crippen molar-refractivity contribution in [3.8, 4) is 0 Å². The molecule has 0 spiro atoms. The number of rotatable bonds is 0. The third kappa shape index (κ3) is 8.96. The van der Waals surface area contributed by atoms with Gasteiger partial charge in [-0.2, -0.15) is 0 Å². The Bertz CT molecular complexity index is 1060. The minimum Gasteiger partial charge on any atom is -0.359 e. The van der Waals surface area contributed by atoms with Gasteiger partial charge in [0.1, 0.15) is 0 Å². The van der Waals surface area contributed by atoms with Crippen LogP contribution in [0.3, 0.4) is 0 Å². The molecule has 0 unspecified atom stereocenters.